The molecule has 2 aliphatic heterocycles. The number of fused-ring (bicyclic) bond motifs is 2. The van der Waals surface area contributed by atoms with Crippen molar-refractivity contribution in [1.29, 1.82) is 0 Å². The van der Waals surface area contributed by atoms with Gasteiger partial charge in [0.2, 0.25) is 6.79 Å². The molecule has 8 nitrogen and oxygen atoms in total. The lowest BCUT2D eigenvalue weighted by atomic mass is 10.1. The molecular formula is C28H34N4O4S. The topological polar surface area (TPSA) is 79.1 Å². The zero-order valence-corrected chi connectivity index (χ0v) is 22.1. The highest BCUT2D eigenvalue weighted by Crippen LogP contribution is 2.35. The molecule has 0 amide bonds. The molecule has 0 atom stereocenters. The monoisotopic (exact) mass is 522 g/mol. The van der Waals surface area contributed by atoms with Gasteiger partial charge in [0.1, 0.15) is 0 Å². The lowest BCUT2D eigenvalue weighted by Crippen LogP contribution is -2.43. The molecule has 0 bridgehead atoms. The molecule has 0 aliphatic carbocycles. The highest BCUT2D eigenvalue weighted by atomic mass is 32.1. The zero-order valence-electron chi connectivity index (χ0n) is 21.3. The van der Waals surface area contributed by atoms with E-state index in [1.54, 1.807) is 0 Å². The molecule has 2 N–H and O–H groups in total. The predicted octanol–water partition coefficient (Wildman–Crippen LogP) is 3.21. The van der Waals surface area contributed by atoms with Crippen LogP contribution >= 0.6 is 12.2 Å². The van der Waals surface area contributed by atoms with Crippen LogP contribution in [0.1, 0.15) is 23.1 Å². The molecule has 9 heteroatoms. The molecule has 0 unspecified atom stereocenters. The summed E-state index contributed by atoms with van der Waals surface area (Å²) >= 11 is 5.83. The van der Waals surface area contributed by atoms with Gasteiger partial charge in [0, 0.05) is 43.2 Å². The number of pyridine rings is 1. The van der Waals surface area contributed by atoms with Crippen molar-refractivity contribution < 1.29 is 14.2 Å². The number of aromatic amines is 1. The Bertz CT molecular complexity index is 1310. The fourth-order valence-corrected chi connectivity index (χ4v) is 5.06. The Balaban J connectivity index is 1.29. The number of thiocarbonyl (C=S) groups is 1. The average molecular weight is 523 g/mol. The molecule has 3 heterocycles. The minimum atomic E-state index is -0.123. The lowest BCUT2D eigenvalue weighted by Gasteiger charge is -2.28. The standard InChI is InChI=1S/C28H34N4O4S/c1-20-5-2-3-6-21(20)7-10-32(28(37)29-8-4-9-31-11-13-34-14-12-31)18-23-15-22-16-25-26(36-19-35-25)17-24(22)30-27(23)33/h2-3,5-6,15-17H,4,7-14,18-19H2,1H3,(H,29,37)(H,30,33). The van der Waals surface area contributed by atoms with Crippen molar-refractivity contribution in [2.24, 2.45) is 0 Å². The molecule has 5 rings (SSSR count). The fourth-order valence-electron chi connectivity index (χ4n) is 4.80. The number of nitrogens with zero attached hydrogens (tertiary/aromatic N) is 2. The smallest absolute Gasteiger partial charge is 0.253 e. The Morgan fingerprint density at radius 1 is 1.11 bits per heavy atom. The zero-order chi connectivity index (χ0) is 25.6. The van der Waals surface area contributed by atoms with E-state index < -0.39 is 0 Å². The molecule has 0 spiro atoms. The maximum atomic E-state index is 13.0. The number of hydrogen-bond acceptors (Lipinski definition) is 6. The maximum Gasteiger partial charge on any atom is 0.253 e. The Labute approximate surface area is 222 Å². The molecule has 196 valence electrons. The van der Waals surface area contributed by atoms with Crippen molar-refractivity contribution in [1.82, 2.24) is 20.1 Å². The first-order chi connectivity index (χ1) is 18.1. The van der Waals surface area contributed by atoms with Gasteiger partial charge in [-0.25, -0.2) is 0 Å². The summed E-state index contributed by atoms with van der Waals surface area (Å²) in [5.74, 6) is 1.34. The molecule has 1 fully saturated rings. The summed E-state index contributed by atoms with van der Waals surface area (Å²) in [6.07, 6.45) is 1.84. The summed E-state index contributed by atoms with van der Waals surface area (Å²) in [6.45, 7) is 8.83. The van der Waals surface area contributed by atoms with E-state index in [2.05, 4.69) is 51.3 Å². The van der Waals surface area contributed by atoms with Crippen molar-refractivity contribution in [3.8, 4) is 11.5 Å². The second-order valence-electron chi connectivity index (χ2n) is 9.55. The van der Waals surface area contributed by atoms with Gasteiger partial charge >= 0.3 is 0 Å². The fraction of sp³-hybridized carbons (Fsp3) is 0.429. The third kappa shape index (κ3) is 6.41. The second-order valence-corrected chi connectivity index (χ2v) is 9.94. The number of ether oxygens (including phenoxy) is 3. The van der Waals surface area contributed by atoms with Gasteiger partial charge in [-0.15, -0.1) is 0 Å². The largest absolute Gasteiger partial charge is 0.454 e. The Hall–Kier alpha value is -3.14. The van der Waals surface area contributed by atoms with Crippen LogP contribution in [0.2, 0.25) is 0 Å². The van der Waals surface area contributed by atoms with E-state index in [1.165, 1.54) is 11.1 Å². The second kappa shape index (κ2) is 11.9. The average Bonchev–Trinajstić information content (AvgIpc) is 3.36. The summed E-state index contributed by atoms with van der Waals surface area (Å²) in [7, 11) is 0. The number of morpholine rings is 1. The molecule has 37 heavy (non-hydrogen) atoms. The van der Waals surface area contributed by atoms with Gasteiger partial charge in [-0.2, -0.15) is 0 Å². The first kappa shape index (κ1) is 25.5. The summed E-state index contributed by atoms with van der Waals surface area (Å²) in [5.41, 5.74) is 3.80. The van der Waals surface area contributed by atoms with Crippen molar-refractivity contribution in [2.45, 2.75) is 26.3 Å². The lowest BCUT2D eigenvalue weighted by molar-refractivity contribution is 0.0376. The maximum absolute atomic E-state index is 13.0. The van der Waals surface area contributed by atoms with E-state index in [0.29, 0.717) is 35.3 Å². The molecule has 1 aromatic heterocycles. The summed E-state index contributed by atoms with van der Waals surface area (Å²) in [6, 6.07) is 14.1. The normalized spacial score (nSPS) is 15.2. The predicted molar refractivity (Wildman–Crippen MR) is 148 cm³/mol. The number of hydrogen-bond donors (Lipinski definition) is 2. The van der Waals surface area contributed by atoms with E-state index in [9.17, 15) is 4.79 Å². The van der Waals surface area contributed by atoms with Gasteiger partial charge in [0.15, 0.2) is 16.6 Å². The van der Waals surface area contributed by atoms with Crippen LogP contribution in [0.25, 0.3) is 10.9 Å². The van der Waals surface area contributed by atoms with E-state index in [1.807, 2.05) is 18.2 Å². The van der Waals surface area contributed by atoms with Crippen LogP contribution in [0.3, 0.4) is 0 Å². The van der Waals surface area contributed by atoms with Crippen molar-refractivity contribution in [2.75, 3.05) is 52.7 Å². The van der Waals surface area contributed by atoms with E-state index >= 15 is 0 Å². The number of rotatable bonds is 9. The van der Waals surface area contributed by atoms with Crippen LogP contribution in [0.4, 0.5) is 0 Å². The van der Waals surface area contributed by atoms with Gasteiger partial charge in [-0.05, 0) is 61.8 Å². The molecule has 0 radical (unpaired) electrons. The van der Waals surface area contributed by atoms with Gasteiger partial charge in [-0.3, -0.25) is 9.69 Å². The molecule has 0 saturated carbocycles. The van der Waals surface area contributed by atoms with Gasteiger partial charge in [0.25, 0.3) is 5.56 Å². The molecular weight excluding hydrogens is 488 g/mol. The van der Waals surface area contributed by atoms with E-state index in [4.69, 9.17) is 26.4 Å². The van der Waals surface area contributed by atoms with Crippen LogP contribution in [0.15, 0.2) is 47.3 Å². The molecule has 2 aromatic carbocycles. The van der Waals surface area contributed by atoms with Crippen molar-refractivity contribution in [3.05, 3.63) is 69.5 Å². The Kier molecular flexibility index (Phi) is 8.23. The summed E-state index contributed by atoms with van der Waals surface area (Å²) in [5, 5.41) is 5.01. The van der Waals surface area contributed by atoms with Gasteiger partial charge in [-0.1, -0.05) is 24.3 Å². The van der Waals surface area contributed by atoms with Crippen molar-refractivity contribution >= 4 is 28.2 Å². The van der Waals surface area contributed by atoms with E-state index in [0.717, 1.165) is 63.1 Å². The first-order valence-corrected chi connectivity index (χ1v) is 13.3. The Morgan fingerprint density at radius 3 is 2.70 bits per heavy atom. The summed E-state index contributed by atoms with van der Waals surface area (Å²) in [4.78, 5) is 20.5. The van der Waals surface area contributed by atoms with Crippen LogP contribution < -0.4 is 20.3 Å². The summed E-state index contributed by atoms with van der Waals surface area (Å²) < 4.78 is 16.4. The highest BCUT2D eigenvalue weighted by molar-refractivity contribution is 7.80. The Morgan fingerprint density at radius 2 is 1.89 bits per heavy atom. The first-order valence-electron chi connectivity index (χ1n) is 12.9. The highest BCUT2D eigenvalue weighted by Gasteiger charge is 2.18. The molecule has 2 aliphatic rings. The third-order valence-corrected chi connectivity index (χ3v) is 7.41. The number of H-pyrrole nitrogens is 1. The quantitative estimate of drug-likeness (QED) is 0.328. The van der Waals surface area contributed by atoms with Gasteiger partial charge in [0.05, 0.1) is 25.3 Å². The number of aryl methyl sites for hydroxylation is 1. The number of nitrogens with one attached hydrogen (secondary N) is 2. The number of benzene rings is 2. The van der Waals surface area contributed by atoms with E-state index in [-0.39, 0.29) is 12.4 Å². The van der Waals surface area contributed by atoms with Crippen molar-refractivity contribution in [3.63, 3.8) is 0 Å². The number of aromatic nitrogens is 1. The van der Waals surface area contributed by atoms with Crippen LogP contribution in [-0.4, -0.2) is 72.6 Å². The van der Waals surface area contributed by atoms with Crippen LogP contribution in [0, 0.1) is 6.92 Å². The SMILES string of the molecule is Cc1ccccc1CCN(Cc1cc2cc3c(cc2[nH]c1=O)OCO3)C(=S)NCCCN1CCOCC1. The minimum Gasteiger partial charge on any atom is -0.454 e. The van der Waals surface area contributed by atoms with Gasteiger partial charge < -0.3 is 29.4 Å². The third-order valence-electron chi connectivity index (χ3n) is 7.01. The van der Waals surface area contributed by atoms with Crippen LogP contribution in [0.5, 0.6) is 11.5 Å². The molecule has 1 saturated heterocycles. The minimum absolute atomic E-state index is 0.123. The van der Waals surface area contributed by atoms with Crippen LogP contribution in [-0.2, 0) is 17.7 Å². The molecule has 3 aromatic rings.